The van der Waals surface area contributed by atoms with Gasteiger partial charge in [-0.3, -0.25) is 0 Å². The lowest BCUT2D eigenvalue weighted by molar-refractivity contribution is 0.218. The van der Waals surface area contributed by atoms with Gasteiger partial charge in [0.05, 0.1) is 11.5 Å². The first-order chi connectivity index (χ1) is 9.82. The zero-order valence-corrected chi connectivity index (χ0v) is 11.6. The number of hydrogen-bond donors (Lipinski definition) is 1. The van der Waals surface area contributed by atoms with Gasteiger partial charge >= 0.3 is 0 Å². The van der Waals surface area contributed by atoms with Crippen LogP contribution in [0.1, 0.15) is 36.8 Å². The molecule has 2 saturated carbocycles. The van der Waals surface area contributed by atoms with Crippen LogP contribution in [-0.4, -0.2) is 11.2 Å². The lowest BCUT2D eigenvalue weighted by Gasteiger charge is -2.23. The van der Waals surface area contributed by atoms with E-state index in [2.05, 4.69) is 60.7 Å². The Balaban J connectivity index is 1.92. The van der Waals surface area contributed by atoms with Crippen LogP contribution in [0.25, 0.3) is 0 Å². The Morgan fingerprint density at radius 3 is 1.65 bits per heavy atom. The number of aliphatic hydroxyl groups is 1. The van der Waals surface area contributed by atoms with E-state index in [0.717, 1.165) is 12.8 Å². The largest absolute Gasteiger partial charge is 0.391 e. The molecule has 0 bridgehead atoms. The van der Waals surface area contributed by atoms with Crippen molar-refractivity contribution in [3.63, 3.8) is 0 Å². The minimum Gasteiger partial charge on any atom is -0.391 e. The molecule has 1 atom stereocenters. The van der Waals surface area contributed by atoms with Gasteiger partial charge in [0.1, 0.15) is 0 Å². The van der Waals surface area contributed by atoms with Gasteiger partial charge in [-0.25, -0.2) is 0 Å². The van der Waals surface area contributed by atoms with Gasteiger partial charge in [0.2, 0.25) is 0 Å². The summed E-state index contributed by atoms with van der Waals surface area (Å²) in [6.07, 6.45) is 4.56. The summed E-state index contributed by atoms with van der Waals surface area (Å²) in [7, 11) is 0. The first-order valence-electron chi connectivity index (χ1n) is 7.61. The molecular formula is C19H20O. The second kappa shape index (κ2) is 4.20. The Kier molecular flexibility index (Phi) is 2.55. The van der Waals surface area contributed by atoms with Crippen LogP contribution >= 0.6 is 0 Å². The molecule has 0 saturated heterocycles. The van der Waals surface area contributed by atoms with Crippen molar-refractivity contribution in [1.82, 2.24) is 0 Å². The molecule has 2 aromatic rings. The number of hydrogen-bond acceptors (Lipinski definition) is 1. The van der Waals surface area contributed by atoms with Gasteiger partial charge < -0.3 is 5.11 Å². The Labute approximate surface area is 120 Å². The number of rotatable bonds is 2. The molecule has 1 nitrogen and oxygen atoms in total. The maximum Gasteiger partial charge on any atom is 0.0752 e. The Morgan fingerprint density at radius 1 is 0.750 bits per heavy atom. The fraction of sp³-hybridized carbons (Fsp3) is 0.368. The molecule has 1 unspecified atom stereocenters. The molecule has 0 radical (unpaired) electrons. The Hall–Kier alpha value is -1.60. The zero-order chi connectivity index (χ0) is 13.6. The summed E-state index contributed by atoms with van der Waals surface area (Å²) < 4.78 is 0. The van der Waals surface area contributed by atoms with Crippen molar-refractivity contribution in [3.8, 4) is 0 Å². The summed E-state index contributed by atoms with van der Waals surface area (Å²) in [5, 5.41) is 10.9. The monoisotopic (exact) mass is 264 g/mol. The lowest BCUT2D eigenvalue weighted by atomic mass is 9.79. The number of benzene rings is 2. The summed E-state index contributed by atoms with van der Waals surface area (Å²) in [6.45, 7) is 0. The molecule has 1 N–H and O–H groups in total. The molecular weight excluding hydrogens is 244 g/mol. The number of aliphatic hydroxyl groups excluding tert-OH is 1. The minimum absolute atomic E-state index is 0.0791. The van der Waals surface area contributed by atoms with Crippen LogP contribution in [-0.2, 0) is 5.41 Å². The molecule has 0 amide bonds. The van der Waals surface area contributed by atoms with Gasteiger partial charge in [0.15, 0.2) is 0 Å². The van der Waals surface area contributed by atoms with Gasteiger partial charge in [-0.2, -0.15) is 0 Å². The van der Waals surface area contributed by atoms with Gasteiger partial charge in [0.25, 0.3) is 0 Å². The second-order valence-corrected chi connectivity index (χ2v) is 6.31. The van der Waals surface area contributed by atoms with E-state index < -0.39 is 0 Å². The fourth-order valence-corrected chi connectivity index (χ4v) is 4.70. The third kappa shape index (κ3) is 1.31. The van der Waals surface area contributed by atoms with Gasteiger partial charge in [-0.15, -0.1) is 0 Å². The first kappa shape index (κ1) is 12.2. The highest BCUT2D eigenvalue weighted by molar-refractivity contribution is 5.54. The molecule has 0 aliphatic heterocycles. The summed E-state index contributed by atoms with van der Waals surface area (Å²) in [4.78, 5) is 0. The van der Waals surface area contributed by atoms with Crippen LogP contribution in [0.15, 0.2) is 60.7 Å². The van der Waals surface area contributed by atoms with E-state index in [1.807, 2.05) is 0 Å². The standard InChI is InChI=1S/C19H20O/c20-17-18(13-7-8-14-18)19(17,15-9-3-1-4-10-15)16-11-5-2-6-12-16/h1-6,9-12,17,20H,7-8,13-14H2. The third-order valence-electron chi connectivity index (χ3n) is 5.59. The SMILES string of the molecule is OC1C2(CCCC2)C1(c1ccccc1)c1ccccc1. The van der Waals surface area contributed by atoms with E-state index in [0.29, 0.717) is 0 Å². The predicted octanol–water partition coefficient (Wildman–Crippen LogP) is 3.91. The molecule has 2 fully saturated rings. The van der Waals surface area contributed by atoms with Crippen LogP contribution in [0.4, 0.5) is 0 Å². The van der Waals surface area contributed by atoms with Crippen molar-refractivity contribution in [2.45, 2.75) is 37.2 Å². The summed E-state index contributed by atoms with van der Waals surface area (Å²) in [5.41, 5.74) is 2.46. The maximum absolute atomic E-state index is 10.9. The molecule has 1 spiro atoms. The van der Waals surface area contributed by atoms with Crippen LogP contribution in [0.3, 0.4) is 0 Å². The van der Waals surface area contributed by atoms with Gasteiger partial charge in [-0.1, -0.05) is 73.5 Å². The predicted molar refractivity (Wildman–Crippen MR) is 80.6 cm³/mol. The average molecular weight is 264 g/mol. The van der Waals surface area contributed by atoms with E-state index in [9.17, 15) is 5.11 Å². The molecule has 0 heterocycles. The normalized spacial score (nSPS) is 25.8. The molecule has 20 heavy (non-hydrogen) atoms. The van der Waals surface area contributed by atoms with Crippen LogP contribution in [0.2, 0.25) is 0 Å². The van der Waals surface area contributed by atoms with Crippen molar-refractivity contribution in [2.24, 2.45) is 5.41 Å². The average Bonchev–Trinajstić information content (AvgIpc) is 2.84. The highest BCUT2D eigenvalue weighted by atomic mass is 16.3. The highest BCUT2D eigenvalue weighted by Gasteiger charge is 2.77. The first-order valence-corrected chi connectivity index (χ1v) is 7.61. The van der Waals surface area contributed by atoms with E-state index in [1.54, 1.807) is 0 Å². The lowest BCUT2D eigenvalue weighted by Crippen LogP contribution is -2.19. The molecule has 2 aliphatic carbocycles. The van der Waals surface area contributed by atoms with Crippen molar-refractivity contribution in [1.29, 1.82) is 0 Å². The molecule has 1 heteroatoms. The quantitative estimate of drug-likeness (QED) is 0.872. The van der Waals surface area contributed by atoms with Crippen LogP contribution in [0, 0.1) is 5.41 Å². The molecule has 0 aromatic heterocycles. The van der Waals surface area contributed by atoms with Gasteiger partial charge in [0, 0.05) is 5.41 Å². The van der Waals surface area contributed by atoms with Crippen LogP contribution < -0.4 is 0 Å². The Morgan fingerprint density at radius 2 is 1.20 bits per heavy atom. The second-order valence-electron chi connectivity index (χ2n) is 6.31. The summed E-state index contributed by atoms with van der Waals surface area (Å²) >= 11 is 0. The minimum atomic E-state index is -0.234. The molecule has 2 aromatic carbocycles. The van der Waals surface area contributed by atoms with E-state index in [1.165, 1.54) is 24.0 Å². The van der Waals surface area contributed by atoms with E-state index >= 15 is 0 Å². The topological polar surface area (TPSA) is 20.2 Å². The van der Waals surface area contributed by atoms with Crippen molar-refractivity contribution in [2.75, 3.05) is 0 Å². The highest BCUT2D eigenvalue weighted by Crippen LogP contribution is 2.74. The van der Waals surface area contributed by atoms with E-state index in [-0.39, 0.29) is 16.9 Å². The van der Waals surface area contributed by atoms with Gasteiger partial charge in [-0.05, 0) is 24.0 Å². The third-order valence-corrected chi connectivity index (χ3v) is 5.59. The Bertz CT molecular complexity index is 557. The van der Waals surface area contributed by atoms with Crippen molar-refractivity contribution < 1.29 is 5.11 Å². The molecule has 2 aliphatic rings. The zero-order valence-electron chi connectivity index (χ0n) is 11.6. The van der Waals surface area contributed by atoms with Crippen LogP contribution in [0.5, 0.6) is 0 Å². The molecule has 102 valence electrons. The molecule has 4 rings (SSSR count). The summed E-state index contributed by atoms with van der Waals surface area (Å²) in [5.74, 6) is 0. The maximum atomic E-state index is 10.9. The fourth-order valence-electron chi connectivity index (χ4n) is 4.70. The van der Waals surface area contributed by atoms with Crippen molar-refractivity contribution >= 4 is 0 Å². The smallest absolute Gasteiger partial charge is 0.0752 e. The van der Waals surface area contributed by atoms with E-state index in [4.69, 9.17) is 0 Å². The summed E-state index contributed by atoms with van der Waals surface area (Å²) in [6, 6.07) is 21.2. The van der Waals surface area contributed by atoms with Crippen molar-refractivity contribution in [3.05, 3.63) is 71.8 Å².